The van der Waals surface area contributed by atoms with Crippen LogP contribution in [0.3, 0.4) is 0 Å². The molecule has 0 aliphatic carbocycles. The molecular weight excluding hydrogens is 271 g/mol. The highest BCUT2D eigenvalue weighted by Gasteiger charge is 2.16. The van der Waals surface area contributed by atoms with Crippen LogP contribution in [0.1, 0.15) is 17.7 Å². The molecule has 0 fully saturated rings. The Labute approximate surface area is 113 Å². The molecule has 0 saturated heterocycles. The van der Waals surface area contributed by atoms with Crippen LogP contribution in [0.4, 0.5) is 19.0 Å². The predicted molar refractivity (Wildman–Crippen MR) is 66.9 cm³/mol. The van der Waals surface area contributed by atoms with E-state index in [9.17, 15) is 18.0 Å². The fourth-order valence-corrected chi connectivity index (χ4v) is 1.71. The summed E-state index contributed by atoms with van der Waals surface area (Å²) in [5, 5.41) is 5.99. The van der Waals surface area contributed by atoms with Crippen molar-refractivity contribution in [1.82, 2.24) is 9.78 Å². The fraction of sp³-hybridized carbons (Fsp3) is 0.231. The Morgan fingerprint density at radius 1 is 1.40 bits per heavy atom. The van der Waals surface area contributed by atoms with Gasteiger partial charge in [0, 0.05) is 13.1 Å². The lowest BCUT2D eigenvalue weighted by Crippen LogP contribution is -2.17. The second-order valence-electron chi connectivity index (χ2n) is 4.20. The molecule has 1 N–H and O–H groups in total. The van der Waals surface area contributed by atoms with Crippen molar-refractivity contribution in [1.29, 1.82) is 0 Å². The lowest BCUT2D eigenvalue weighted by atomic mass is 10.1. The molecule has 1 aromatic carbocycles. The number of carbonyl (C=O) groups is 1. The molecule has 2 rings (SSSR count). The van der Waals surface area contributed by atoms with Gasteiger partial charge >= 0.3 is 0 Å². The van der Waals surface area contributed by atoms with Crippen molar-refractivity contribution in [2.75, 3.05) is 5.32 Å². The second kappa shape index (κ2) is 5.77. The van der Waals surface area contributed by atoms with E-state index < -0.39 is 23.8 Å². The van der Waals surface area contributed by atoms with E-state index in [2.05, 4.69) is 10.4 Å². The van der Waals surface area contributed by atoms with E-state index in [1.165, 1.54) is 25.2 Å². The van der Waals surface area contributed by atoms with Gasteiger partial charge in [-0.1, -0.05) is 18.2 Å². The van der Waals surface area contributed by atoms with Gasteiger partial charge in [-0.2, -0.15) is 5.10 Å². The minimum Gasteiger partial charge on any atom is -0.311 e. The standard InChI is InChI=1S/C13H12F3N3O/c1-19-11(7-10(18-19)13(15)16)17-12(20)6-8-4-2-3-5-9(8)14/h2-5,7,13H,6H2,1H3,(H,17,20). The van der Waals surface area contributed by atoms with Gasteiger partial charge in [0.2, 0.25) is 5.91 Å². The van der Waals surface area contributed by atoms with Crippen molar-refractivity contribution in [3.8, 4) is 0 Å². The highest BCUT2D eigenvalue weighted by molar-refractivity contribution is 5.91. The van der Waals surface area contributed by atoms with Crippen molar-refractivity contribution in [2.45, 2.75) is 12.8 Å². The normalized spacial score (nSPS) is 10.8. The molecule has 7 heteroatoms. The lowest BCUT2D eigenvalue weighted by Gasteiger charge is -2.05. The van der Waals surface area contributed by atoms with Crippen LogP contribution in [0.15, 0.2) is 30.3 Å². The largest absolute Gasteiger partial charge is 0.311 e. The van der Waals surface area contributed by atoms with Gasteiger partial charge in [0.15, 0.2) is 0 Å². The number of alkyl halides is 2. The van der Waals surface area contributed by atoms with E-state index in [0.717, 1.165) is 10.7 Å². The number of carbonyl (C=O) groups excluding carboxylic acids is 1. The lowest BCUT2D eigenvalue weighted by molar-refractivity contribution is -0.115. The number of nitrogens with zero attached hydrogens (tertiary/aromatic N) is 2. The van der Waals surface area contributed by atoms with Crippen LogP contribution >= 0.6 is 0 Å². The summed E-state index contributed by atoms with van der Waals surface area (Å²) < 4.78 is 39.4. The molecule has 1 heterocycles. The Morgan fingerprint density at radius 2 is 2.10 bits per heavy atom. The predicted octanol–water partition coefficient (Wildman–Crippen LogP) is 2.68. The Morgan fingerprint density at radius 3 is 2.70 bits per heavy atom. The monoisotopic (exact) mass is 283 g/mol. The second-order valence-corrected chi connectivity index (χ2v) is 4.20. The molecule has 0 unspecified atom stereocenters. The number of amides is 1. The molecule has 106 valence electrons. The molecular formula is C13H12F3N3O. The third-order valence-corrected chi connectivity index (χ3v) is 2.70. The highest BCUT2D eigenvalue weighted by Crippen LogP contribution is 2.20. The Kier molecular flexibility index (Phi) is 4.07. The van der Waals surface area contributed by atoms with Crippen molar-refractivity contribution >= 4 is 11.7 Å². The van der Waals surface area contributed by atoms with Crippen LogP contribution < -0.4 is 5.32 Å². The number of rotatable bonds is 4. The first-order valence-electron chi connectivity index (χ1n) is 5.82. The topological polar surface area (TPSA) is 46.9 Å². The summed E-state index contributed by atoms with van der Waals surface area (Å²) in [4.78, 5) is 11.8. The number of nitrogens with one attached hydrogen (secondary N) is 1. The number of anilines is 1. The molecule has 0 atom stereocenters. The quantitative estimate of drug-likeness (QED) is 0.937. The van der Waals surface area contributed by atoms with Gasteiger partial charge in [0.1, 0.15) is 17.3 Å². The summed E-state index contributed by atoms with van der Waals surface area (Å²) in [6.45, 7) is 0. The van der Waals surface area contributed by atoms with Gasteiger partial charge in [-0.15, -0.1) is 0 Å². The first-order chi connectivity index (χ1) is 9.47. The molecule has 0 aliphatic rings. The summed E-state index contributed by atoms with van der Waals surface area (Å²) in [5.74, 6) is -0.846. The van der Waals surface area contributed by atoms with Crippen molar-refractivity contribution in [3.05, 3.63) is 47.4 Å². The zero-order valence-corrected chi connectivity index (χ0v) is 10.6. The molecule has 0 saturated carbocycles. The summed E-state index contributed by atoms with van der Waals surface area (Å²) in [6.07, 6.45) is -2.89. The van der Waals surface area contributed by atoms with E-state index in [0.29, 0.717) is 0 Å². The molecule has 0 bridgehead atoms. The van der Waals surface area contributed by atoms with Gasteiger partial charge in [0.05, 0.1) is 6.42 Å². The van der Waals surface area contributed by atoms with Crippen molar-refractivity contribution < 1.29 is 18.0 Å². The van der Waals surface area contributed by atoms with E-state index in [1.807, 2.05) is 0 Å². The van der Waals surface area contributed by atoms with Crippen LogP contribution in [0.25, 0.3) is 0 Å². The summed E-state index contributed by atoms with van der Waals surface area (Å²) in [6, 6.07) is 6.96. The molecule has 0 spiro atoms. The number of halogens is 3. The van der Waals surface area contributed by atoms with Crippen LogP contribution in [-0.2, 0) is 18.3 Å². The van der Waals surface area contributed by atoms with Gasteiger partial charge in [-0.3, -0.25) is 9.48 Å². The maximum atomic E-state index is 13.4. The minimum atomic E-state index is -2.71. The number of aromatic nitrogens is 2. The number of benzene rings is 1. The van der Waals surface area contributed by atoms with Crippen LogP contribution in [0.2, 0.25) is 0 Å². The molecule has 20 heavy (non-hydrogen) atoms. The summed E-state index contributed by atoms with van der Waals surface area (Å²) in [5.41, 5.74) is -0.185. The van der Waals surface area contributed by atoms with E-state index in [4.69, 9.17) is 0 Å². The minimum absolute atomic E-state index is 0.140. The number of hydrogen-bond acceptors (Lipinski definition) is 2. The molecule has 1 amide bonds. The summed E-state index contributed by atoms with van der Waals surface area (Å²) >= 11 is 0. The average molecular weight is 283 g/mol. The van der Waals surface area contributed by atoms with Crippen LogP contribution in [0, 0.1) is 5.82 Å². The van der Waals surface area contributed by atoms with E-state index in [-0.39, 0.29) is 17.8 Å². The maximum Gasteiger partial charge on any atom is 0.282 e. The fourth-order valence-electron chi connectivity index (χ4n) is 1.71. The maximum absolute atomic E-state index is 13.4. The molecule has 0 aliphatic heterocycles. The molecule has 2 aromatic rings. The van der Waals surface area contributed by atoms with Crippen LogP contribution in [-0.4, -0.2) is 15.7 Å². The zero-order valence-electron chi connectivity index (χ0n) is 10.6. The average Bonchev–Trinajstić information content (AvgIpc) is 2.74. The van der Waals surface area contributed by atoms with Gasteiger partial charge in [0.25, 0.3) is 6.43 Å². The third-order valence-electron chi connectivity index (χ3n) is 2.70. The van der Waals surface area contributed by atoms with E-state index in [1.54, 1.807) is 6.07 Å². The molecule has 4 nitrogen and oxygen atoms in total. The van der Waals surface area contributed by atoms with Crippen LogP contribution in [0.5, 0.6) is 0 Å². The molecule has 0 radical (unpaired) electrons. The first-order valence-corrected chi connectivity index (χ1v) is 5.82. The molecule has 1 aromatic heterocycles. The van der Waals surface area contributed by atoms with E-state index >= 15 is 0 Å². The number of aryl methyl sites for hydroxylation is 1. The highest BCUT2D eigenvalue weighted by atomic mass is 19.3. The Bertz CT molecular complexity index is 625. The van der Waals surface area contributed by atoms with Gasteiger partial charge in [-0.25, -0.2) is 13.2 Å². The Balaban J connectivity index is 2.07. The third kappa shape index (κ3) is 3.17. The zero-order chi connectivity index (χ0) is 14.7. The summed E-state index contributed by atoms with van der Waals surface area (Å²) in [7, 11) is 1.44. The smallest absolute Gasteiger partial charge is 0.282 e. The SMILES string of the molecule is Cn1nc(C(F)F)cc1NC(=O)Cc1ccccc1F. The van der Waals surface area contributed by atoms with Gasteiger partial charge < -0.3 is 5.32 Å². The van der Waals surface area contributed by atoms with Crippen molar-refractivity contribution in [3.63, 3.8) is 0 Å². The number of hydrogen-bond donors (Lipinski definition) is 1. The first kappa shape index (κ1) is 14.1. The van der Waals surface area contributed by atoms with Gasteiger partial charge in [-0.05, 0) is 11.6 Å². The van der Waals surface area contributed by atoms with Crippen molar-refractivity contribution in [2.24, 2.45) is 7.05 Å². The Hall–Kier alpha value is -2.31.